The van der Waals surface area contributed by atoms with Crippen molar-refractivity contribution in [2.45, 2.75) is 13.8 Å². The zero-order chi connectivity index (χ0) is 19.0. The molecular formula is C19H14Cl2N2O3. The number of benzene rings is 2. The summed E-state index contributed by atoms with van der Waals surface area (Å²) < 4.78 is 0. The van der Waals surface area contributed by atoms with E-state index in [0.29, 0.717) is 22.0 Å². The lowest BCUT2D eigenvalue weighted by Gasteiger charge is -2.16. The normalized spacial score (nSPS) is 14.2. The number of carbonyl (C=O) groups excluding carboxylic acids is 3. The van der Waals surface area contributed by atoms with E-state index in [2.05, 4.69) is 5.32 Å². The van der Waals surface area contributed by atoms with Gasteiger partial charge in [-0.25, -0.2) is 4.90 Å². The summed E-state index contributed by atoms with van der Waals surface area (Å²) in [5, 5.41) is 3.09. The van der Waals surface area contributed by atoms with Crippen LogP contribution in [0.5, 0.6) is 0 Å². The second-order valence-corrected chi connectivity index (χ2v) is 6.61. The molecule has 5 nitrogen and oxygen atoms in total. The molecule has 0 aromatic heterocycles. The van der Waals surface area contributed by atoms with Gasteiger partial charge in [0.1, 0.15) is 10.7 Å². The van der Waals surface area contributed by atoms with Crippen LogP contribution in [0.15, 0.2) is 53.2 Å². The fraction of sp³-hybridized carbons (Fsp3) is 0.105. The third-order valence-corrected chi connectivity index (χ3v) is 4.76. The second-order valence-electron chi connectivity index (χ2n) is 5.83. The van der Waals surface area contributed by atoms with E-state index < -0.39 is 11.8 Å². The molecule has 7 heteroatoms. The number of amides is 2. The Kier molecular flexibility index (Phi) is 4.85. The van der Waals surface area contributed by atoms with Crippen molar-refractivity contribution in [3.05, 3.63) is 69.3 Å². The van der Waals surface area contributed by atoms with Crippen LogP contribution in [-0.4, -0.2) is 17.6 Å². The Morgan fingerprint density at radius 2 is 1.65 bits per heavy atom. The van der Waals surface area contributed by atoms with E-state index in [1.165, 1.54) is 6.92 Å². The van der Waals surface area contributed by atoms with Crippen LogP contribution in [0.2, 0.25) is 5.02 Å². The van der Waals surface area contributed by atoms with E-state index in [9.17, 15) is 14.4 Å². The second kappa shape index (κ2) is 6.94. The Balaban J connectivity index is 1.88. The number of anilines is 2. The number of nitrogens with one attached hydrogen (secondary N) is 1. The van der Waals surface area contributed by atoms with Gasteiger partial charge in [-0.1, -0.05) is 29.3 Å². The lowest BCUT2D eigenvalue weighted by molar-refractivity contribution is -0.120. The quantitative estimate of drug-likeness (QED) is 0.626. The summed E-state index contributed by atoms with van der Waals surface area (Å²) in [6, 6.07) is 11.4. The summed E-state index contributed by atoms with van der Waals surface area (Å²) in [5.74, 6) is -1.27. The van der Waals surface area contributed by atoms with Crippen molar-refractivity contribution in [2.75, 3.05) is 10.2 Å². The molecule has 0 saturated heterocycles. The van der Waals surface area contributed by atoms with E-state index in [0.717, 1.165) is 10.5 Å². The lowest BCUT2D eigenvalue weighted by Crippen LogP contribution is -2.32. The smallest absolute Gasteiger partial charge is 0.283 e. The zero-order valence-corrected chi connectivity index (χ0v) is 15.5. The number of ketones is 1. The molecule has 0 aliphatic carbocycles. The van der Waals surface area contributed by atoms with Gasteiger partial charge in [-0.3, -0.25) is 14.4 Å². The van der Waals surface area contributed by atoms with Crippen LogP contribution >= 0.6 is 23.2 Å². The summed E-state index contributed by atoms with van der Waals surface area (Å²) in [4.78, 5) is 37.5. The molecule has 0 radical (unpaired) electrons. The number of carbonyl (C=O) groups is 3. The molecule has 0 spiro atoms. The summed E-state index contributed by atoms with van der Waals surface area (Å²) in [6.45, 7) is 3.29. The predicted octanol–water partition coefficient (Wildman–Crippen LogP) is 4.29. The highest BCUT2D eigenvalue weighted by Crippen LogP contribution is 2.32. The maximum absolute atomic E-state index is 12.7. The highest BCUT2D eigenvalue weighted by atomic mass is 35.5. The molecule has 2 aromatic carbocycles. The first kappa shape index (κ1) is 18.2. The number of aryl methyl sites for hydroxylation is 1. The average molecular weight is 389 g/mol. The summed E-state index contributed by atoms with van der Waals surface area (Å²) in [5.41, 5.74) is 2.23. The van der Waals surface area contributed by atoms with Crippen molar-refractivity contribution < 1.29 is 14.4 Å². The topological polar surface area (TPSA) is 66.5 Å². The van der Waals surface area contributed by atoms with Gasteiger partial charge in [0.2, 0.25) is 0 Å². The first-order chi connectivity index (χ1) is 12.3. The zero-order valence-electron chi connectivity index (χ0n) is 14.0. The molecule has 26 heavy (non-hydrogen) atoms. The minimum Gasteiger partial charge on any atom is -0.350 e. The van der Waals surface area contributed by atoms with Gasteiger partial charge < -0.3 is 5.32 Å². The summed E-state index contributed by atoms with van der Waals surface area (Å²) >= 11 is 12.2. The van der Waals surface area contributed by atoms with Gasteiger partial charge in [0.15, 0.2) is 5.78 Å². The Hall–Kier alpha value is -2.63. The molecule has 0 bridgehead atoms. The molecular weight excluding hydrogens is 375 g/mol. The standard InChI is InChI=1S/C19H14Cl2N2O3/c1-10-3-8-14(9-15(10)20)23-18(25)16(21)17(19(23)26)22-13-6-4-12(5-7-13)11(2)24/h3-9,22H,1-2H3. The number of nitrogens with zero attached hydrogens (tertiary/aromatic N) is 1. The third kappa shape index (κ3) is 3.23. The number of halogens is 2. The molecule has 1 N–H and O–H groups in total. The molecule has 1 aliphatic heterocycles. The van der Waals surface area contributed by atoms with Crippen molar-refractivity contribution in [3.63, 3.8) is 0 Å². The van der Waals surface area contributed by atoms with E-state index in [-0.39, 0.29) is 16.5 Å². The highest BCUT2D eigenvalue weighted by molar-refractivity contribution is 6.53. The van der Waals surface area contributed by atoms with Gasteiger partial charge in [-0.15, -0.1) is 0 Å². The molecule has 0 saturated carbocycles. The highest BCUT2D eigenvalue weighted by Gasteiger charge is 2.39. The molecule has 0 atom stereocenters. The van der Waals surface area contributed by atoms with Gasteiger partial charge in [0, 0.05) is 16.3 Å². The SMILES string of the molecule is CC(=O)c1ccc(NC2=C(Cl)C(=O)N(c3ccc(C)c(Cl)c3)C2=O)cc1. The van der Waals surface area contributed by atoms with Crippen LogP contribution < -0.4 is 10.2 Å². The van der Waals surface area contributed by atoms with Crippen LogP contribution in [0.25, 0.3) is 0 Å². The van der Waals surface area contributed by atoms with Gasteiger partial charge in [0.05, 0.1) is 5.69 Å². The van der Waals surface area contributed by atoms with Gasteiger partial charge in [0.25, 0.3) is 11.8 Å². The van der Waals surface area contributed by atoms with E-state index in [1.54, 1.807) is 42.5 Å². The first-order valence-electron chi connectivity index (χ1n) is 7.72. The number of hydrogen-bond acceptors (Lipinski definition) is 4. The third-order valence-electron chi connectivity index (χ3n) is 4.00. The predicted molar refractivity (Wildman–Crippen MR) is 102 cm³/mol. The fourth-order valence-corrected chi connectivity index (χ4v) is 2.89. The maximum Gasteiger partial charge on any atom is 0.283 e. The summed E-state index contributed by atoms with van der Waals surface area (Å²) in [6.07, 6.45) is 0. The number of imide groups is 1. The van der Waals surface area contributed by atoms with Crippen LogP contribution in [0, 0.1) is 6.92 Å². The van der Waals surface area contributed by atoms with Crippen LogP contribution in [0.1, 0.15) is 22.8 Å². The van der Waals surface area contributed by atoms with Crippen LogP contribution in [-0.2, 0) is 9.59 Å². The van der Waals surface area contributed by atoms with Gasteiger partial charge >= 0.3 is 0 Å². The van der Waals surface area contributed by atoms with Crippen molar-refractivity contribution in [1.29, 1.82) is 0 Å². The molecule has 1 aliphatic rings. The lowest BCUT2D eigenvalue weighted by atomic mass is 10.1. The fourth-order valence-electron chi connectivity index (χ4n) is 2.50. The maximum atomic E-state index is 12.7. The minimum atomic E-state index is -0.626. The number of rotatable bonds is 4. The van der Waals surface area contributed by atoms with E-state index in [4.69, 9.17) is 23.2 Å². The van der Waals surface area contributed by atoms with Gasteiger partial charge in [-0.2, -0.15) is 0 Å². The first-order valence-corrected chi connectivity index (χ1v) is 8.48. The molecule has 2 aromatic rings. The van der Waals surface area contributed by atoms with E-state index in [1.807, 2.05) is 6.92 Å². The Labute approximate surface area is 160 Å². The molecule has 3 rings (SSSR count). The van der Waals surface area contributed by atoms with Crippen LogP contribution in [0.4, 0.5) is 11.4 Å². The van der Waals surface area contributed by atoms with Crippen LogP contribution in [0.3, 0.4) is 0 Å². The molecule has 0 fully saturated rings. The monoisotopic (exact) mass is 388 g/mol. The largest absolute Gasteiger partial charge is 0.350 e. The van der Waals surface area contributed by atoms with Crippen molar-refractivity contribution >= 4 is 52.2 Å². The molecule has 1 heterocycles. The Bertz CT molecular complexity index is 965. The van der Waals surface area contributed by atoms with Crippen molar-refractivity contribution in [3.8, 4) is 0 Å². The molecule has 0 unspecified atom stereocenters. The Morgan fingerprint density at radius 1 is 1.00 bits per heavy atom. The molecule has 2 amide bonds. The number of Topliss-reactive ketones (excluding diaryl/α,β-unsaturated/α-hetero) is 1. The average Bonchev–Trinajstić information content (AvgIpc) is 2.81. The Morgan fingerprint density at radius 3 is 2.23 bits per heavy atom. The molecule has 132 valence electrons. The van der Waals surface area contributed by atoms with Gasteiger partial charge in [-0.05, 0) is 55.8 Å². The van der Waals surface area contributed by atoms with Crippen molar-refractivity contribution in [1.82, 2.24) is 0 Å². The summed E-state index contributed by atoms with van der Waals surface area (Å²) in [7, 11) is 0. The van der Waals surface area contributed by atoms with Crippen molar-refractivity contribution in [2.24, 2.45) is 0 Å². The minimum absolute atomic E-state index is 0.0241. The van der Waals surface area contributed by atoms with E-state index >= 15 is 0 Å². The number of hydrogen-bond donors (Lipinski definition) is 1.